The molecule has 7 nitrogen and oxygen atoms in total. The predicted molar refractivity (Wildman–Crippen MR) is 102 cm³/mol. The topological polar surface area (TPSA) is 91.0 Å². The Balaban J connectivity index is 1.42. The molecule has 3 heterocycles. The van der Waals surface area contributed by atoms with Crippen LogP contribution >= 0.6 is 0 Å². The van der Waals surface area contributed by atoms with Gasteiger partial charge in [-0.2, -0.15) is 5.10 Å². The molecule has 27 heavy (non-hydrogen) atoms. The maximum atomic E-state index is 12.8. The summed E-state index contributed by atoms with van der Waals surface area (Å²) in [6.45, 7) is 0.676. The van der Waals surface area contributed by atoms with Crippen LogP contribution in [0.2, 0.25) is 0 Å². The summed E-state index contributed by atoms with van der Waals surface area (Å²) < 4.78 is 0. The minimum Gasteiger partial charge on any atom is -0.326 e. The van der Waals surface area contributed by atoms with Crippen LogP contribution < -0.4 is 10.2 Å². The number of nitrogens with zero attached hydrogens (tertiary/aromatic N) is 3. The van der Waals surface area contributed by atoms with Gasteiger partial charge >= 0.3 is 0 Å². The summed E-state index contributed by atoms with van der Waals surface area (Å²) in [5.74, 6) is -0.188. The number of carbonyl (C=O) groups excluding carboxylic acids is 2. The van der Waals surface area contributed by atoms with Gasteiger partial charge in [0.15, 0.2) is 0 Å². The molecule has 1 aliphatic heterocycles. The highest BCUT2D eigenvalue weighted by Crippen LogP contribution is 2.26. The minimum atomic E-state index is -0.124. The molecule has 2 N–H and O–H groups in total. The highest BCUT2D eigenvalue weighted by Gasteiger charge is 2.24. The number of H-pyrrole nitrogens is 1. The number of nitrogens with one attached hydrogen (secondary N) is 2. The van der Waals surface area contributed by atoms with Gasteiger partial charge in [0.25, 0.3) is 5.91 Å². The number of hydrogen-bond donors (Lipinski definition) is 2. The zero-order valence-electron chi connectivity index (χ0n) is 14.7. The van der Waals surface area contributed by atoms with Crippen molar-refractivity contribution in [3.8, 4) is 0 Å². The number of aromatic nitrogens is 3. The molecule has 0 spiro atoms. The molecule has 3 aromatic rings. The van der Waals surface area contributed by atoms with E-state index in [1.54, 1.807) is 53.8 Å². The molecule has 0 saturated carbocycles. The molecule has 0 fully saturated rings. The molecule has 136 valence electrons. The number of benzene rings is 1. The van der Waals surface area contributed by atoms with Crippen LogP contribution in [0.1, 0.15) is 28.0 Å². The van der Waals surface area contributed by atoms with Gasteiger partial charge in [0.1, 0.15) is 0 Å². The van der Waals surface area contributed by atoms with Crippen molar-refractivity contribution in [2.24, 2.45) is 0 Å². The number of pyridine rings is 1. The van der Waals surface area contributed by atoms with Crippen molar-refractivity contribution >= 4 is 23.2 Å². The molecule has 7 heteroatoms. The molecule has 0 bridgehead atoms. The van der Waals surface area contributed by atoms with Crippen molar-refractivity contribution < 1.29 is 9.59 Å². The monoisotopic (exact) mass is 361 g/mol. The Morgan fingerprint density at radius 2 is 2.00 bits per heavy atom. The number of fused-ring (bicyclic) bond motifs is 1. The fourth-order valence-electron chi connectivity index (χ4n) is 3.21. The van der Waals surface area contributed by atoms with E-state index in [0.29, 0.717) is 17.8 Å². The van der Waals surface area contributed by atoms with Gasteiger partial charge in [-0.25, -0.2) is 0 Å². The Morgan fingerprint density at radius 3 is 2.78 bits per heavy atom. The highest BCUT2D eigenvalue weighted by molar-refractivity contribution is 6.07. The van der Waals surface area contributed by atoms with Crippen molar-refractivity contribution in [3.63, 3.8) is 0 Å². The van der Waals surface area contributed by atoms with Crippen LogP contribution in [0.25, 0.3) is 0 Å². The molecule has 0 atom stereocenters. The third kappa shape index (κ3) is 3.72. The predicted octanol–water partition coefficient (Wildman–Crippen LogP) is 2.58. The SMILES string of the molecule is O=C(Cc1cccnc1)Nc1ccc(C(=O)N2CCCc3[nH]ncc32)cc1. The first-order valence-electron chi connectivity index (χ1n) is 8.83. The zero-order valence-corrected chi connectivity index (χ0v) is 14.7. The van der Waals surface area contributed by atoms with Crippen LogP contribution in [0.5, 0.6) is 0 Å². The Kier molecular flexibility index (Phi) is 4.65. The quantitative estimate of drug-likeness (QED) is 0.747. The van der Waals surface area contributed by atoms with Crippen molar-refractivity contribution in [1.29, 1.82) is 0 Å². The first-order chi connectivity index (χ1) is 13.2. The van der Waals surface area contributed by atoms with Gasteiger partial charge in [-0.05, 0) is 48.7 Å². The second-order valence-corrected chi connectivity index (χ2v) is 6.46. The molecule has 0 aliphatic carbocycles. The van der Waals surface area contributed by atoms with Crippen LogP contribution in [0, 0.1) is 0 Å². The Labute approximate surface area is 156 Å². The van der Waals surface area contributed by atoms with Crippen molar-refractivity contribution in [1.82, 2.24) is 15.2 Å². The second-order valence-electron chi connectivity index (χ2n) is 6.46. The Hall–Kier alpha value is -3.48. The van der Waals surface area contributed by atoms with E-state index in [1.807, 2.05) is 6.07 Å². The molecular weight excluding hydrogens is 342 g/mol. The number of hydrogen-bond acceptors (Lipinski definition) is 4. The van der Waals surface area contributed by atoms with E-state index in [2.05, 4.69) is 20.5 Å². The number of amides is 2. The van der Waals surface area contributed by atoms with E-state index in [9.17, 15) is 9.59 Å². The van der Waals surface area contributed by atoms with Crippen LogP contribution in [-0.2, 0) is 17.6 Å². The fraction of sp³-hybridized carbons (Fsp3) is 0.200. The third-order valence-corrected chi connectivity index (χ3v) is 4.54. The van der Waals surface area contributed by atoms with E-state index < -0.39 is 0 Å². The lowest BCUT2D eigenvalue weighted by molar-refractivity contribution is -0.115. The Bertz CT molecular complexity index is 950. The zero-order chi connectivity index (χ0) is 18.6. The van der Waals surface area contributed by atoms with Gasteiger partial charge in [-0.15, -0.1) is 0 Å². The van der Waals surface area contributed by atoms with E-state index >= 15 is 0 Å². The molecule has 1 aromatic carbocycles. The second kappa shape index (κ2) is 7.41. The van der Waals surface area contributed by atoms with Crippen LogP contribution in [0.3, 0.4) is 0 Å². The van der Waals surface area contributed by atoms with Gasteiger partial charge < -0.3 is 10.2 Å². The summed E-state index contributed by atoms with van der Waals surface area (Å²) in [6, 6.07) is 10.6. The van der Waals surface area contributed by atoms with Gasteiger partial charge in [0, 0.05) is 30.2 Å². The number of aromatic amines is 1. The number of rotatable bonds is 4. The molecule has 0 unspecified atom stereocenters. The van der Waals surface area contributed by atoms with Crippen LogP contribution in [-0.4, -0.2) is 33.5 Å². The summed E-state index contributed by atoms with van der Waals surface area (Å²) in [5, 5.41) is 9.83. The molecule has 1 aliphatic rings. The lowest BCUT2D eigenvalue weighted by atomic mass is 10.1. The highest BCUT2D eigenvalue weighted by atomic mass is 16.2. The van der Waals surface area contributed by atoms with Gasteiger partial charge in [0.05, 0.1) is 24.0 Å². The van der Waals surface area contributed by atoms with E-state index in [1.165, 1.54) is 0 Å². The van der Waals surface area contributed by atoms with E-state index in [4.69, 9.17) is 0 Å². The van der Waals surface area contributed by atoms with Gasteiger partial charge in [-0.1, -0.05) is 6.07 Å². The van der Waals surface area contributed by atoms with Crippen LogP contribution in [0.4, 0.5) is 11.4 Å². The summed E-state index contributed by atoms with van der Waals surface area (Å²) >= 11 is 0. The van der Waals surface area contributed by atoms with Crippen molar-refractivity contribution in [2.75, 3.05) is 16.8 Å². The maximum absolute atomic E-state index is 12.8. The molecule has 2 aromatic heterocycles. The molecule has 0 saturated heterocycles. The molecular formula is C20H19N5O2. The van der Waals surface area contributed by atoms with Crippen molar-refractivity contribution in [2.45, 2.75) is 19.3 Å². The molecule has 4 rings (SSSR count). The average molecular weight is 361 g/mol. The first-order valence-corrected chi connectivity index (χ1v) is 8.83. The minimum absolute atomic E-state index is 0.0643. The van der Waals surface area contributed by atoms with Gasteiger partial charge in [0.2, 0.25) is 5.91 Å². The summed E-state index contributed by atoms with van der Waals surface area (Å²) in [7, 11) is 0. The summed E-state index contributed by atoms with van der Waals surface area (Å²) in [5.41, 5.74) is 3.93. The molecule has 2 amide bonds. The maximum Gasteiger partial charge on any atom is 0.258 e. The Morgan fingerprint density at radius 1 is 1.15 bits per heavy atom. The van der Waals surface area contributed by atoms with Gasteiger partial charge in [-0.3, -0.25) is 19.7 Å². The van der Waals surface area contributed by atoms with E-state index in [0.717, 1.165) is 29.8 Å². The number of anilines is 2. The van der Waals surface area contributed by atoms with E-state index in [-0.39, 0.29) is 18.2 Å². The largest absolute Gasteiger partial charge is 0.326 e. The third-order valence-electron chi connectivity index (χ3n) is 4.54. The lowest BCUT2D eigenvalue weighted by Crippen LogP contribution is -2.35. The fourth-order valence-corrected chi connectivity index (χ4v) is 3.21. The van der Waals surface area contributed by atoms with Crippen LogP contribution in [0.15, 0.2) is 55.0 Å². The summed E-state index contributed by atoms with van der Waals surface area (Å²) in [6.07, 6.45) is 7.10. The standard InChI is InChI=1S/C20H19N5O2/c26-19(11-14-3-1-9-21-12-14)23-16-7-5-15(6-8-16)20(27)25-10-2-4-17-18(25)13-22-24-17/h1,3,5-9,12-13H,2,4,10-11H2,(H,22,24)(H,23,26). The van der Waals surface area contributed by atoms with Crippen molar-refractivity contribution in [3.05, 3.63) is 71.8 Å². The lowest BCUT2D eigenvalue weighted by Gasteiger charge is -2.26. The number of carbonyl (C=O) groups is 2. The molecule has 0 radical (unpaired) electrons. The first kappa shape index (κ1) is 17.0. The smallest absolute Gasteiger partial charge is 0.258 e. The number of aryl methyl sites for hydroxylation is 1. The summed E-state index contributed by atoms with van der Waals surface area (Å²) in [4.78, 5) is 30.7. The average Bonchev–Trinajstić information content (AvgIpc) is 3.17. The normalized spacial score (nSPS) is 13.1.